The molecule has 5 heteroatoms. The van der Waals surface area contributed by atoms with E-state index in [-0.39, 0.29) is 13.1 Å². The third-order valence-electron chi connectivity index (χ3n) is 1.62. The van der Waals surface area contributed by atoms with E-state index in [1.54, 1.807) is 6.92 Å². The monoisotopic (exact) mass is 166 g/mol. The Morgan fingerprint density at radius 2 is 2.18 bits per heavy atom. The summed E-state index contributed by atoms with van der Waals surface area (Å²) < 4.78 is 35.9. The van der Waals surface area contributed by atoms with Crippen molar-refractivity contribution in [2.24, 2.45) is 10.9 Å². The van der Waals surface area contributed by atoms with Gasteiger partial charge in [0.15, 0.2) is 0 Å². The van der Waals surface area contributed by atoms with Gasteiger partial charge in [0.1, 0.15) is 0 Å². The van der Waals surface area contributed by atoms with Crippen molar-refractivity contribution >= 4 is 5.84 Å². The van der Waals surface area contributed by atoms with Crippen LogP contribution in [0.4, 0.5) is 13.2 Å². The molecular weight excluding hydrogens is 157 g/mol. The van der Waals surface area contributed by atoms with Crippen molar-refractivity contribution in [2.75, 3.05) is 13.1 Å². The average molecular weight is 166 g/mol. The second kappa shape index (κ2) is 2.71. The Morgan fingerprint density at radius 3 is 2.55 bits per heavy atom. The van der Waals surface area contributed by atoms with Crippen molar-refractivity contribution in [3.63, 3.8) is 0 Å². The average Bonchev–Trinajstić information content (AvgIpc) is 1.86. The molecule has 64 valence electrons. The summed E-state index contributed by atoms with van der Waals surface area (Å²) in [6.07, 6.45) is -4.11. The molecule has 0 saturated heterocycles. The van der Waals surface area contributed by atoms with E-state index >= 15 is 0 Å². The Bertz CT molecular complexity index is 173. The second-order valence-electron chi connectivity index (χ2n) is 2.55. The number of nitrogens with zero attached hydrogens (tertiary/aromatic N) is 1. The summed E-state index contributed by atoms with van der Waals surface area (Å²) in [7, 11) is 0. The first-order valence-corrected chi connectivity index (χ1v) is 3.32. The van der Waals surface area contributed by atoms with Crippen LogP contribution in [0.3, 0.4) is 0 Å². The van der Waals surface area contributed by atoms with Gasteiger partial charge in [-0.3, -0.25) is 4.99 Å². The summed E-state index contributed by atoms with van der Waals surface area (Å²) in [5, 5.41) is 2.57. The summed E-state index contributed by atoms with van der Waals surface area (Å²) in [6.45, 7) is 1.48. The van der Waals surface area contributed by atoms with Crippen LogP contribution in [0.15, 0.2) is 4.99 Å². The first kappa shape index (κ1) is 8.36. The van der Waals surface area contributed by atoms with E-state index in [9.17, 15) is 13.2 Å². The fourth-order valence-corrected chi connectivity index (χ4v) is 0.858. The molecule has 0 fully saturated rings. The molecule has 1 aliphatic heterocycles. The molecule has 1 rings (SSSR count). The maximum absolute atomic E-state index is 12.0. The van der Waals surface area contributed by atoms with Crippen LogP contribution >= 0.6 is 0 Å². The Hall–Kier alpha value is -0.740. The fourth-order valence-electron chi connectivity index (χ4n) is 0.858. The highest BCUT2D eigenvalue weighted by Gasteiger charge is 2.40. The van der Waals surface area contributed by atoms with Gasteiger partial charge in [-0.15, -0.1) is 0 Å². The third kappa shape index (κ3) is 2.10. The van der Waals surface area contributed by atoms with E-state index in [4.69, 9.17) is 0 Å². The predicted octanol–water partition coefficient (Wildman–Crippen LogP) is 1.19. The van der Waals surface area contributed by atoms with E-state index < -0.39 is 12.1 Å². The van der Waals surface area contributed by atoms with Gasteiger partial charge < -0.3 is 5.32 Å². The minimum Gasteiger partial charge on any atom is -0.373 e. The van der Waals surface area contributed by atoms with Crippen molar-refractivity contribution in [1.82, 2.24) is 5.32 Å². The normalized spacial score (nSPS) is 25.8. The maximum atomic E-state index is 12.0. The van der Waals surface area contributed by atoms with Crippen molar-refractivity contribution in [2.45, 2.75) is 13.1 Å². The van der Waals surface area contributed by atoms with Gasteiger partial charge >= 0.3 is 6.18 Å². The molecule has 1 unspecified atom stereocenters. The van der Waals surface area contributed by atoms with Crippen LogP contribution in [0, 0.1) is 5.92 Å². The maximum Gasteiger partial charge on any atom is 0.395 e. The molecule has 0 aromatic heterocycles. The van der Waals surface area contributed by atoms with Crippen molar-refractivity contribution in [3.8, 4) is 0 Å². The molecule has 1 atom stereocenters. The molecule has 11 heavy (non-hydrogen) atoms. The highest BCUT2D eigenvalue weighted by Crippen LogP contribution is 2.26. The number of amidine groups is 1. The molecule has 1 aliphatic rings. The van der Waals surface area contributed by atoms with Gasteiger partial charge in [0.25, 0.3) is 0 Å². The molecule has 0 aromatic carbocycles. The van der Waals surface area contributed by atoms with Crippen LogP contribution in [0.2, 0.25) is 0 Å². The van der Waals surface area contributed by atoms with Crippen molar-refractivity contribution in [3.05, 3.63) is 0 Å². The zero-order chi connectivity index (χ0) is 8.48. The lowest BCUT2D eigenvalue weighted by molar-refractivity contribution is -0.170. The van der Waals surface area contributed by atoms with Gasteiger partial charge in [0.2, 0.25) is 0 Å². The number of rotatable bonds is 0. The lowest BCUT2D eigenvalue weighted by atomic mass is 10.1. The van der Waals surface area contributed by atoms with E-state index in [0.29, 0.717) is 5.84 Å². The van der Waals surface area contributed by atoms with E-state index in [0.717, 1.165) is 0 Å². The molecule has 0 bridgehead atoms. The van der Waals surface area contributed by atoms with Crippen LogP contribution in [0.5, 0.6) is 0 Å². The van der Waals surface area contributed by atoms with Gasteiger partial charge in [0, 0.05) is 6.54 Å². The zero-order valence-electron chi connectivity index (χ0n) is 6.07. The van der Waals surface area contributed by atoms with Crippen LogP contribution in [-0.4, -0.2) is 25.1 Å². The standard InChI is InChI=1S/C6H9F3N2/c1-4-10-2-5(3-11-4)6(7,8)9/h5H,2-3H2,1H3,(H,10,11). The summed E-state index contributed by atoms with van der Waals surface area (Å²) in [6, 6.07) is 0. The summed E-state index contributed by atoms with van der Waals surface area (Å²) >= 11 is 0. The largest absolute Gasteiger partial charge is 0.395 e. The molecule has 0 amide bonds. The first-order chi connectivity index (χ1) is 5.00. The van der Waals surface area contributed by atoms with Gasteiger partial charge in [-0.05, 0) is 6.92 Å². The molecule has 1 N–H and O–H groups in total. The SMILES string of the molecule is CC1=NCC(C(F)(F)F)CN1. The number of alkyl halides is 3. The lowest BCUT2D eigenvalue weighted by Gasteiger charge is -2.23. The number of hydrogen-bond donors (Lipinski definition) is 1. The minimum absolute atomic E-state index is 0.0428. The zero-order valence-corrected chi connectivity index (χ0v) is 6.07. The quantitative estimate of drug-likeness (QED) is 0.574. The predicted molar refractivity (Wildman–Crippen MR) is 35.5 cm³/mol. The van der Waals surface area contributed by atoms with Gasteiger partial charge in [0.05, 0.1) is 18.3 Å². The molecule has 0 spiro atoms. The second-order valence-corrected chi connectivity index (χ2v) is 2.55. The summed E-state index contributed by atoms with van der Waals surface area (Å²) in [5.41, 5.74) is 0. The van der Waals surface area contributed by atoms with Gasteiger partial charge in [-0.2, -0.15) is 13.2 Å². The van der Waals surface area contributed by atoms with E-state index in [2.05, 4.69) is 10.3 Å². The highest BCUT2D eigenvalue weighted by atomic mass is 19.4. The number of halogens is 3. The van der Waals surface area contributed by atoms with E-state index in [1.807, 2.05) is 0 Å². The Kier molecular flexibility index (Phi) is 2.06. The van der Waals surface area contributed by atoms with Crippen molar-refractivity contribution < 1.29 is 13.2 Å². The molecule has 0 saturated carbocycles. The van der Waals surface area contributed by atoms with Gasteiger partial charge in [-0.1, -0.05) is 0 Å². The van der Waals surface area contributed by atoms with Crippen molar-refractivity contribution in [1.29, 1.82) is 0 Å². The number of aliphatic imine (C=N–C) groups is 1. The molecule has 0 radical (unpaired) electrons. The topological polar surface area (TPSA) is 24.4 Å². The Morgan fingerprint density at radius 1 is 1.55 bits per heavy atom. The molecule has 1 heterocycles. The Labute approximate surface area is 62.5 Å². The Balaban J connectivity index is 2.54. The smallest absolute Gasteiger partial charge is 0.373 e. The fraction of sp³-hybridized carbons (Fsp3) is 0.833. The van der Waals surface area contributed by atoms with Gasteiger partial charge in [-0.25, -0.2) is 0 Å². The number of nitrogens with one attached hydrogen (secondary N) is 1. The molecular formula is C6H9F3N2. The first-order valence-electron chi connectivity index (χ1n) is 3.32. The lowest BCUT2D eigenvalue weighted by Crippen LogP contribution is -2.41. The summed E-state index contributed by atoms with van der Waals surface area (Å²) in [5.74, 6) is -0.725. The number of hydrogen-bond acceptors (Lipinski definition) is 2. The van der Waals surface area contributed by atoms with E-state index in [1.165, 1.54) is 0 Å². The highest BCUT2D eigenvalue weighted by molar-refractivity contribution is 5.79. The molecule has 2 nitrogen and oxygen atoms in total. The molecule has 0 aromatic rings. The van der Waals surface area contributed by atoms with Crippen LogP contribution < -0.4 is 5.32 Å². The third-order valence-corrected chi connectivity index (χ3v) is 1.62. The minimum atomic E-state index is -4.11. The van der Waals surface area contributed by atoms with Crippen LogP contribution in [0.1, 0.15) is 6.92 Å². The molecule has 0 aliphatic carbocycles. The van der Waals surface area contributed by atoms with Crippen LogP contribution in [-0.2, 0) is 0 Å². The summed E-state index contributed by atoms with van der Waals surface area (Å²) in [4.78, 5) is 3.66. The van der Waals surface area contributed by atoms with Crippen LogP contribution in [0.25, 0.3) is 0 Å².